The van der Waals surface area contributed by atoms with Gasteiger partial charge in [-0.3, -0.25) is 4.79 Å². The lowest BCUT2D eigenvalue weighted by molar-refractivity contribution is -0.137. The minimum Gasteiger partial charge on any atom is -0.342 e. The van der Waals surface area contributed by atoms with E-state index >= 15 is 0 Å². The fraction of sp³-hybridized carbons (Fsp3) is 0.778. The SMILES string of the molecule is N#CC1CCN2CC1CCC2=O. The van der Waals surface area contributed by atoms with Crippen LogP contribution in [-0.2, 0) is 4.79 Å². The highest BCUT2D eigenvalue weighted by molar-refractivity contribution is 5.77. The quantitative estimate of drug-likeness (QED) is 0.530. The highest BCUT2D eigenvalue weighted by Gasteiger charge is 2.35. The molecule has 0 radical (unpaired) electrons. The number of fused-ring (bicyclic) bond motifs is 2. The molecule has 2 aliphatic rings. The third-order valence-corrected chi connectivity index (χ3v) is 2.98. The lowest BCUT2D eigenvalue weighted by Crippen LogP contribution is -2.47. The number of carbonyl (C=O) groups is 1. The first kappa shape index (κ1) is 7.60. The molecule has 0 N–H and O–H groups in total. The monoisotopic (exact) mass is 164 g/mol. The summed E-state index contributed by atoms with van der Waals surface area (Å²) in [4.78, 5) is 13.1. The number of piperidine rings is 2. The number of amides is 1. The van der Waals surface area contributed by atoms with Gasteiger partial charge in [0.15, 0.2) is 0 Å². The highest BCUT2D eigenvalue weighted by Crippen LogP contribution is 2.31. The molecule has 0 spiro atoms. The van der Waals surface area contributed by atoms with Gasteiger partial charge in [0.05, 0.1) is 12.0 Å². The third kappa shape index (κ3) is 1.08. The van der Waals surface area contributed by atoms with Gasteiger partial charge in [-0.2, -0.15) is 5.26 Å². The normalized spacial score (nSPS) is 34.6. The number of hydrogen-bond donors (Lipinski definition) is 0. The van der Waals surface area contributed by atoms with Gasteiger partial charge in [0, 0.05) is 19.5 Å². The Morgan fingerprint density at radius 2 is 2.33 bits per heavy atom. The molecule has 2 unspecified atom stereocenters. The summed E-state index contributed by atoms with van der Waals surface area (Å²) in [5, 5.41) is 8.82. The predicted octanol–water partition coefficient (Wildman–Crippen LogP) is 0.768. The standard InChI is InChI=1S/C9H12N2O/c10-5-7-3-4-11-6-8(7)1-2-9(11)12/h7-8H,1-4,6H2. The van der Waals surface area contributed by atoms with Crippen LogP contribution in [0.15, 0.2) is 0 Å². The fourth-order valence-electron chi connectivity index (χ4n) is 2.19. The molecule has 2 aliphatic heterocycles. The molecule has 2 bridgehead atoms. The summed E-state index contributed by atoms with van der Waals surface area (Å²) in [6, 6.07) is 2.34. The summed E-state index contributed by atoms with van der Waals surface area (Å²) < 4.78 is 0. The van der Waals surface area contributed by atoms with Crippen molar-refractivity contribution in [3.8, 4) is 6.07 Å². The van der Waals surface area contributed by atoms with E-state index < -0.39 is 0 Å². The summed E-state index contributed by atoms with van der Waals surface area (Å²) >= 11 is 0. The van der Waals surface area contributed by atoms with Crippen LogP contribution in [-0.4, -0.2) is 23.9 Å². The molecule has 0 aromatic carbocycles. The Bertz CT molecular complexity index is 243. The second-order valence-corrected chi connectivity index (χ2v) is 3.66. The fourth-order valence-corrected chi connectivity index (χ4v) is 2.19. The molecule has 2 heterocycles. The van der Waals surface area contributed by atoms with Crippen LogP contribution < -0.4 is 0 Å². The lowest BCUT2D eigenvalue weighted by atomic mass is 9.81. The van der Waals surface area contributed by atoms with Crippen molar-refractivity contribution in [1.82, 2.24) is 4.90 Å². The first-order valence-corrected chi connectivity index (χ1v) is 4.48. The van der Waals surface area contributed by atoms with E-state index in [1.807, 2.05) is 4.90 Å². The van der Waals surface area contributed by atoms with Crippen molar-refractivity contribution in [2.45, 2.75) is 19.3 Å². The molecule has 64 valence electrons. The summed E-state index contributed by atoms with van der Waals surface area (Å²) in [5.74, 6) is 0.943. The van der Waals surface area contributed by atoms with Crippen LogP contribution in [0, 0.1) is 23.2 Å². The maximum atomic E-state index is 11.2. The van der Waals surface area contributed by atoms with E-state index in [0.29, 0.717) is 12.3 Å². The van der Waals surface area contributed by atoms with Gasteiger partial charge in [-0.15, -0.1) is 0 Å². The Morgan fingerprint density at radius 1 is 1.50 bits per heavy atom. The second-order valence-electron chi connectivity index (χ2n) is 3.66. The van der Waals surface area contributed by atoms with Gasteiger partial charge in [-0.25, -0.2) is 0 Å². The molecule has 0 aliphatic carbocycles. The van der Waals surface area contributed by atoms with Crippen molar-refractivity contribution >= 4 is 5.91 Å². The van der Waals surface area contributed by atoms with E-state index in [4.69, 9.17) is 5.26 Å². The van der Waals surface area contributed by atoms with Crippen LogP contribution in [0.4, 0.5) is 0 Å². The van der Waals surface area contributed by atoms with Gasteiger partial charge in [0.25, 0.3) is 0 Å². The summed E-state index contributed by atoms with van der Waals surface area (Å²) in [5.41, 5.74) is 0. The van der Waals surface area contributed by atoms with Gasteiger partial charge < -0.3 is 4.90 Å². The van der Waals surface area contributed by atoms with Crippen molar-refractivity contribution in [3.63, 3.8) is 0 Å². The molecular weight excluding hydrogens is 152 g/mol. The molecule has 0 aromatic heterocycles. The minimum atomic E-state index is 0.203. The number of nitriles is 1. The topological polar surface area (TPSA) is 44.1 Å². The van der Waals surface area contributed by atoms with E-state index in [2.05, 4.69) is 6.07 Å². The van der Waals surface area contributed by atoms with Gasteiger partial charge in [-0.1, -0.05) is 0 Å². The van der Waals surface area contributed by atoms with Crippen molar-refractivity contribution < 1.29 is 4.79 Å². The number of hydrogen-bond acceptors (Lipinski definition) is 2. The maximum Gasteiger partial charge on any atom is 0.222 e. The van der Waals surface area contributed by atoms with Crippen molar-refractivity contribution in [1.29, 1.82) is 5.26 Å². The zero-order valence-electron chi connectivity index (χ0n) is 6.99. The molecule has 1 amide bonds. The van der Waals surface area contributed by atoms with E-state index in [0.717, 1.165) is 25.9 Å². The molecule has 2 saturated heterocycles. The Labute approximate surface area is 72.0 Å². The Kier molecular flexibility index (Phi) is 1.76. The van der Waals surface area contributed by atoms with Crippen molar-refractivity contribution in [2.24, 2.45) is 11.8 Å². The lowest BCUT2D eigenvalue weighted by Gasteiger charge is -2.39. The van der Waals surface area contributed by atoms with Gasteiger partial charge >= 0.3 is 0 Å². The highest BCUT2D eigenvalue weighted by atomic mass is 16.2. The smallest absolute Gasteiger partial charge is 0.222 e. The number of nitrogens with zero attached hydrogens (tertiary/aromatic N) is 2. The largest absolute Gasteiger partial charge is 0.342 e. The predicted molar refractivity (Wildman–Crippen MR) is 43.0 cm³/mol. The van der Waals surface area contributed by atoms with Gasteiger partial charge in [0.2, 0.25) is 5.91 Å². The first-order valence-electron chi connectivity index (χ1n) is 4.48. The van der Waals surface area contributed by atoms with E-state index in [-0.39, 0.29) is 11.8 Å². The van der Waals surface area contributed by atoms with Crippen LogP contribution in [0.2, 0.25) is 0 Å². The molecule has 2 rings (SSSR count). The summed E-state index contributed by atoms with van der Waals surface area (Å²) in [7, 11) is 0. The molecular formula is C9H12N2O. The summed E-state index contributed by atoms with van der Waals surface area (Å²) in [6.07, 6.45) is 2.46. The molecule has 3 nitrogen and oxygen atoms in total. The van der Waals surface area contributed by atoms with E-state index in [1.165, 1.54) is 0 Å². The van der Waals surface area contributed by atoms with E-state index in [1.54, 1.807) is 0 Å². The minimum absolute atomic E-state index is 0.203. The number of rotatable bonds is 0. The van der Waals surface area contributed by atoms with E-state index in [9.17, 15) is 4.79 Å². The van der Waals surface area contributed by atoms with Crippen LogP contribution >= 0.6 is 0 Å². The van der Waals surface area contributed by atoms with Gasteiger partial charge in [-0.05, 0) is 18.8 Å². The molecule has 3 heteroatoms. The second kappa shape index (κ2) is 2.78. The number of carbonyl (C=O) groups excluding carboxylic acids is 1. The molecule has 0 saturated carbocycles. The Balaban J connectivity index is 2.10. The molecule has 2 atom stereocenters. The average molecular weight is 164 g/mol. The Hall–Kier alpha value is -1.04. The molecule has 0 aromatic rings. The summed E-state index contributed by atoms with van der Waals surface area (Å²) in [6.45, 7) is 1.63. The van der Waals surface area contributed by atoms with Gasteiger partial charge in [0.1, 0.15) is 0 Å². The molecule has 12 heavy (non-hydrogen) atoms. The maximum absolute atomic E-state index is 11.2. The molecule has 2 fully saturated rings. The van der Waals surface area contributed by atoms with Crippen LogP contribution in [0.5, 0.6) is 0 Å². The zero-order chi connectivity index (χ0) is 8.55. The van der Waals surface area contributed by atoms with Crippen molar-refractivity contribution in [2.75, 3.05) is 13.1 Å². The van der Waals surface area contributed by atoms with Crippen LogP contribution in [0.1, 0.15) is 19.3 Å². The average Bonchev–Trinajstić information content (AvgIpc) is 2.12. The van der Waals surface area contributed by atoms with Crippen LogP contribution in [0.25, 0.3) is 0 Å². The zero-order valence-corrected chi connectivity index (χ0v) is 6.99. The first-order chi connectivity index (χ1) is 5.81. The van der Waals surface area contributed by atoms with Crippen LogP contribution in [0.3, 0.4) is 0 Å². The third-order valence-electron chi connectivity index (χ3n) is 2.98. The Morgan fingerprint density at radius 3 is 3.08 bits per heavy atom. The van der Waals surface area contributed by atoms with Crippen molar-refractivity contribution in [3.05, 3.63) is 0 Å².